The highest BCUT2D eigenvalue weighted by Crippen LogP contribution is 2.25. The Bertz CT molecular complexity index is 528. The molecule has 2 rings (SSSR count). The molecule has 1 unspecified atom stereocenters. The first-order valence-electron chi connectivity index (χ1n) is 5.95. The van der Waals surface area contributed by atoms with Gasteiger partial charge >= 0.3 is 0 Å². The van der Waals surface area contributed by atoms with Crippen molar-refractivity contribution >= 4 is 10.0 Å². The van der Waals surface area contributed by atoms with E-state index in [2.05, 4.69) is 4.98 Å². The van der Waals surface area contributed by atoms with Crippen LogP contribution in [0.5, 0.6) is 0 Å². The second-order valence-electron chi connectivity index (χ2n) is 5.18. The van der Waals surface area contributed by atoms with Gasteiger partial charge in [0.25, 0.3) is 10.0 Å². The summed E-state index contributed by atoms with van der Waals surface area (Å²) >= 11 is 0. The van der Waals surface area contributed by atoms with E-state index in [-0.39, 0.29) is 11.6 Å². The van der Waals surface area contributed by atoms with Crippen molar-refractivity contribution in [2.45, 2.75) is 37.3 Å². The molecule has 18 heavy (non-hydrogen) atoms. The topological polar surface area (TPSA) is 75.4 Å². The van der Waals surface area contributed by atoms with Crippen LogP contribution in [0.1, 0.15) is 25.6 Å². The number of aryl methyl sites for hydroxylation is 2. The standard InChI is InChI=1S/C11H19N3O3S/c1-9-12-10(7-13(9)3)18(16,17)14-6-4-5-11(2,15)8-14/h7,15H,4-6,8H2,1-3H3. The van der Waals surface area contributed by atoms with Crippen molar-refractivity contribution in [2.24, 2.45) is 7.05 Å². The molecule has 0 spiro atoms. The van der Waals surface area contributed by atoms with Crippen molar-refractivity contribution in [1.82, 2.24) is 13.9 Å². The van der Waals surface area contributed by atoms with E-state index in [0.717, 1.165) is 0 Å². The summed E-state index contributed by atoms with van der Waals surface area (Å²) in [6.45, 7) is 3.99. The summed E-state index contributed by atoms with van der Waals surface area (Å²) in [5.41, 5.74) is -0.949. The number of β-amino-alcohol motifs (C(OH)–C–C–N with tert-alkyl or cyclic N) is 1. The number of hydrogen-bond acceptors (Lipinski definition) is 4. The average molecular weight is 273 g/mol. The van der Waals surface area contributed by atoms with Crippen LogP contribution in [0.2, 0.25) is 0 Å². The molecule has 1 aromatic heterocycles. The molecule has 1 aromatic rings. The highest BCUT2D eigenvalue weighted by molar-refractivity contribution is 7.89. The predicted molar refractivity (Wildman–Crippen MR) is 66.6 cm³/mol. The second kappa shape index (κ2) is 4.32. The number of piperidine rings is 1. The average Bonchev–Trinajstić information content (AvgIpc) is 2.58. The van der Waals surface area contributed by atoms with Crippen LogP contribution in [0, 0.1) is 6.92 Å². The normalized spacial score (nSPS) is 26.4. The third-order valence-electron chi connectivity index (χ3n) is 3.33. The smallest absolute Gasteiger partial charge is 0.262 e. The molecular weight excluding hydrogens is 254 g/mol. The summed E-state index contributed by atoms with van der Waals surface area (Å²) in [6.07, 6.45) is 2.80. The van der Waals surface area contributed by atoms with Crippen molar-refractivity contribution in [2.75, 3.05) is 13.1 Å². The zero-order valence-corrected chi connectivity index (χ0v) is 11.7. The van der Waals surface area contributed by atoms with E-state index in [9.17, 15) is 13.5 Å². The molecule has 1 aliphatic heterocycles. The van der Waals surface area contributed by atoms with Gasteiger partial charge in [-0.15, -0.1) is 0 Å². The van der Waals surface area contributed by atoms with Crippen LogP contribution in [0.3, 0.4) is 0 Å². The third kappa shape index (κ3) is 2.43. The molecule has 1 saturated heterocycles. The van der Waals surface area contributed by atoms with Crippen molar-refractivity contribution in [1.29, 1.82) is 0 Å². The van der Waals surface area contributed by atoms with E-state index in [4.69, 9.17) is 0 Å². The Labute approximate surface area is 107 Å². The predicted octanol–water partition coefficient (Wildman–Crippen LogP) is 0.264. The van der Waals surface area contributed by atoms with Gasteiger partial charge in [-0.1, -0.05) is 0 Å². The van der Waals surface area contributed by atoms with E-state index >= 15 is 0 Å². The summed E-state index contributed by atoms with van der Waals surface area (Å²) in [7, 11) is -1.84. The minimum absolute atomic E-state index is 0.0557. The van der Waals surface area contributed by atoms with Crippen LogP contribution in [-0.2, 0) is 17.1 Å². The Kier molecular flexibility index (Phi) is 3.25. The molecule has 102 valence electrons. The molecule has 1 aliphatic rings. The maximum absolute atomic E-state index is 12.4. The Morgan fingerprint density at radius 2 is 2.17 bits per heavy atom. The molecule has 0 radical (unpaired) electrons. The fraction of sp³-hybridized carbons (Fsp3) is 0.727. The zero-order valence-electron chi connectivity index (χ0n) is 10.9. The van der Waals surface area contributed by atoms with Gasteiger partial charge in [-0.05, 0) is 26.7 Å². The van der Waals surface area contributed by atoms with Gasteiger partial charge in [0.2, 0.25) is 0 Å². The van der Waals surface area contributed by atoms with Crippen molar-refractivity contribution in [3.63, 3.8) is 0 Å². The first-order valence-corrected chi connectivity index (χ1v) is 7.39. The highest BCUT2D eigenvalue weighted by atomic mass is 32.2. The summed E-state index contributed by atoms with van der Waals surface area (Å²) < 4.78 is 27.8. The molecule has 0 amide bonds. The number of aliphatic hydroxyl groups is 1. The molecule has 6 nitrogen and oxygen atoms in total. The summed E-state index contributed by atoms with van der Waals surface area (Å²) in [6, 6.07) is 0. The summed E-state index contributed by atoms with van der Waals surface area (Å²) in [5, 5.41) is 10.0. The Morgan fingerprint density at radius 1 is 1.50 bits per heavy atom. The Morgan fingerprint density at radius 3 is 2.67 bits per heavy atom. The van der Waals surface area contributed by atoms with Crippen molar-refractivity contribution in [3.8, 4) is 0 Å². The maximum Gasteiger partial charge on any atom is 0.262 e. The van der Waals surface area contributed by atoms with Gasteiger partial charge in [-0.2, -0.15) is 4.31 Å². The van der Waals surface area contributed by atoms with Gasteiger partial charge in [0, 0.05) is 26.3 Å². The van der Waals surface area contributed by atoms with Gasteiger partial charge < -0.3 is 9.67 Å². The van der Waals surface area contributed by atoms with E-state index in [1.807, 2.05) is 0 Å². The lowest BCUT2D eigenvalue weighted by Gasteiger charge is -2.35. The second-order valence-corrected chi connectivity index (χ2v) is 7.06. The van der Waals surface area contributed by atoms with Gasteiger partial charge in [-0.3, -0.25) is 0 Å². The molecule has 2 heterocycles. The first-order chi connectivity index (χ1) is 8.22. The monoisotopic (exact) mass is 273 g/mol. The Hall–Kier alpha value is -0.920. The lowest BCUT2D eigenvalue weighted by atomic mass is 9.97. The lowest BCUT2D eigenvalue weighted by Crippen LogP contribution is -2.48. The first kappa shape index (κ1) is 13.5. The zero-order chi connectivity index (χ0) is 13.6. The number of rotatable bonds is 2. The molecule has 1 fully saturated rings. The minimum Gasteiger partial charge on any atom is -0.389 e. The van der Waals surface area contributed by atoms with Crippen LogP contribution < -0.4 is 0 Å². The molecule has 1 atom stereocenters. The number of hydrogen-bond donors (Lipinski definition) is 1. The number of imidazole rings is 1. The third-order valence-corrected chi connectivity index (χ3v) is 5.05. The molecule has 1 N–H and O–H groups in total. The molecule has 0 aromatic carbocycles. The fourth-order valence-corrected chi connectivity index (χ4v) is 3.78. The number of nitrogens with zero attached hydrogens (tertiary/aromatic N) is 3. The van der Waals surface area contributed by atoms with Gasteiger partial charge in [0.05, 0.1) is 5.60 Å². The largest absolute Gasteiger partial charge is 0.389 e. The van der Waals surface area contributed by atoms with Crippen LogP contribution in [0.4, 0.5) is 0 Å². The van der Waals surface area contributed by atoms with Crippen molar-refractivity contribution < 1.29 is 13.5 Å². The molecule has 7 heteroatoms. The van der Waals surface area contributed by atoms with E-state index in [1.54, 1.807) is 25.5 Å². The quantitative estimate of drug-likeness (QED) is 0.839. The van der Waals surface area contributed by atoms with Crippen LogP contribution in [-0.4, -0.2) is 46.1 Å². The Balaban J connectivity index is 2.31. The van der Waals surface area contributed by atoms with Gasteiger partial charge in [0.15, 0.2) is 5.03 Å². The number of sulfonamides is 1. The molecule has 0 saturated carbocycles. The summed E-state index contributed by atoms with van der Waals surface area (Å²) in [5.74, 6) is 0.650. The number of aromatic nitrogens is 2. The minimum atomic E-state index is -3.59. The van der Waals surface area contributed by atoms with Gasteiger partial charge in [0.1, 0.15) is 5.82 Å². The highest BCUT2D eigenvalue weighted by Gasteiger charge is 2.36. The van der Waals surface area contributed by atoms with E-state index in [0.29, 0.717) is 25.2 Å². The SMILES string of the molecule is Cc1nc(S(=O)(=O)N2CCCC(C)(O)C2)cn1C. The van der Waals surface area contributed by atoms with Crippen LogP contribution in [0.25, 0.3) is 0 Å². The molecule has 0 aliphatic carbocycles. The van der Waals surface area contributed by atoms with E-state index in [1.165, 1.54) is 10.5 Å². The van der Waals surface area contributed by atoms with E-state index < -0.39 is 15.6 Å². The van der Waals surface area contributed by atoms with Crippen LogP contribution >= 0.6 is 0 Å². The van der Waals surface area contributed by atoms with Crippen molar-refractivity contribution in [3.05, 3.63) is 12.0 Å². The van der Waals surface area contributed by atoms with Crippen LogP contribution in [0.15, 0.2) is 11.2 Å². The van der Waals surface area contributed by atoms with Gasteiger partial charge in [-0.25, -0.2) is 13.4 Å². The lowest BCUT2D eigenvalue weighted by molar-refractivity contribution is 0.00934. The maximum atomic E-state index is 12.4. The summed E-state index contributed by atoms with van der Waals surface area (Å²) in [4.78, 5) is 4.06. The molecular formula is C11H19N3O3S. The molecule has 0 bridgehead atoms. The fourth-order valence-electron chi connectivity index (χ4n) is 2.16.